The van der Waals surface area contributed by atoms with Crippen LogP contribution in [-0.2, 0) is 66.8 Å². The number of hydrogen-bond acceptors (Lipinski definition) is 18. The lowest BCUT2D eigenvalue weighted by Crippen LogP contribution is -2.67. The maximum absolute atomic E-state index is 13.8. The van der Waals surface area contributed by atoms with Gasteiger partial charge in [0.2, 0.25) is 17.7 Å². The van der Waals surface area contributed by atoms with Crippen LogP contribution in [0.15, 0.2) is 24.3 Å². The van der Waals surface area contributed by atoms with Gasteiger partial charge in [-0.1, -0.05) is 0 Å². The minimum Gasteiger partial charge on any atom is -0.469 e. The number of nitrogens with zero attached hydrogens (tertiary/aromatic N) is 1. The average Bonchev–Trinajstić information content (AvgIpc) is 3.09. The number of nitro benzene ring substituents is 1. The fraction of sp³-hybridized carbons (Fsp3) is 0.576. The first kappa shape index (κ1) is 45.4. The molecule has 55 heavy (non-hydrogen) atoms. The summed E-state index contributed by atoms with van der Waals surface area (Å²) < 4.78 is 37.5. The first-order valence-electron chi connectivity index (χ1n) is 16.6. The molecule has 0 radical (unpaired) electrons. The number of esters is 5. The molecule has 1 heterocycles. The molecule has 22 heteroatoms. The van der Waals surface area contributed by atoms with Crippen LogP contribution in [0.1, 0.15) is 54.4 Å². The third-order valence-corrected chi connectivity index (χ3v) is 7.56. The molecule has 1 saturated heterocycles. The SMILES string of the molecule is COC(=O)CCC(N)C(=O)NC(CO[C@@H]1O[C@H](COC(C)=O)[C@@H](OC(C)=O)[C@H](OC(C)=O)[C@H]1NC(C)=O)C(=O)NC(C)(C)C(=O)Oc1ccc([N+](=O)[O-])cc1. The molecule has 0 aliphatic carbocycles. The van der Waals surface area contributed by atoms with Crippen molar-refractivity contribution in [1.29, 1.82) is 0 Å². The molecule has 304 valence electrons. The summed E-state index contributed by atoms with van der Waals surface area (Å²) in [6, 6.07) is 0.0429. The summed E-state index contributed by atoms with van der Waals surface area (Å²) in [6.07, 6.45) is -6.43. The van der Waals surface area contributed by atoms with Gasteiger partial charge in [0.1, 0.15) is 36.1 Å². The molecule has 3 amide bonds. The predicted octanol–water partition coefficient (Wildman–Crippen LogP) is -1.17. The van der Waals surface area contributed by atoms with Crippen molar-refractivity contribution in [2.75, 3.05) is 20.3 Å². The number of benzene rings is 1. The number of amides is 3. The number of ether oxygens (including phenoxy) is 7. The number of hydrogen-bond donors (Lipinski definition) is 4. The number of rotatable bonds is 18. The van der Waals surface area contributed by atoms with Crippen molar-refractivity contribution in [3.63, 3.8) is 0 Å². The molecule has 1 fully saturated rings. The highest BCUT2D eigenvalue weighted by molar-refractivity contribution is 5.94. The van der Waals surface area contributed by atoms with Gasteiger partial charge in [-0.25, -0.2) is 4.79 Å². The molecule has 1 aromatic rings. The zero-order valence-electron chi connectivity index (χ0n) is 31.1. The van der Waals surface area contributed by atoms with E-state index < -0.39 is 114 Å². The van der Waals surface area contributed by atoms with Crippen molar-refractivity contribution in [3.05, 3.63) is 34.4 Å². The Labute approximate surface area is 314 Å². The van der Waals surface area contributed by atoms with Crippen molar-refractivity contribution in [2.45, 2.75) is 103 Å². The van der Waals surface area contributed by atoms with Crippen LogP contribution in [0.2, 0.25) is 0 Å². The Kier molecular flexibility index (Phi) is 17.0. The number of non-ortho nitro benzene ring substituents is 1. The summed E-state index contributed by atoms with van der Waals surface area (Å²) in [5.41, 5.74) is 3.87. The molecule has 2 unspecified atom stereocenters. The van der Waals surface area contributed by atoms with Crippen molar-refractivity contribution in [2.24, 2.45) is 5.73 Å². The molecule has 0 spiro atoms. The predicted molar refractivity (Wildman–Crippen MR) is 182 cm³/mol. The van der Waals surface area contributed by atoms with Gasteiger partial charge < -0.3 is 54.8 Å². The highest BCUT2D eigenvalue weighted by Crippen LogP contribution is 2.28. The number of carbonyl (C=O) groups is 8. The van der Waals surface area contributed by atoms with Gasteiger partial charge in [-0.2, -0.15) is 0 Å². The maximum atomic E-state index is 13.8. The molecular formula is C33H45N5O17. The first-order valence-corrected chi connectivity index (χ1v) is 16.6. The fourth-order valence-corrected chi connectivity index (χ4v) is 4.91. The van der Waals surface area contributed by atoms with E-state index in [1.54, 1.807) is 0 Å². The number of nitrogens with two attached hydrogens (primary N) is 1. The van der Waals surface area contributed by atoms with Crippen LogP contribution in [0.4, 0.5) is 5.69 Å². The average molecular weight is 784 g/mol. The van der Waals surface area contributed by atoms with Gasteiger partial charge in [0, 0.05) is 46.2 Å². The van der Waals surface area contributed by atoms with Gasteiger partial charge in [0.25, 0.3) is 5.69 Å². The second-order valence-corrected chi connectivity index (χ2v) is 12.6. The number of carbonyl (C=O) groups excluding carboxylic acids is 8. The molecule has 5 N–H and O–H groups in total. The standard InChI is InChI=1S/C33H45N5O17/c1-16(39)35-26-28(53-19(4)42)27(52-18(3)41)24(15-50-17(2)40)55-31(26)51-14-23(36-29(44)22(34)12-13-25(43)49-7)30(45)37-33(5,6)32(46)54-21-10-8-20(9-11-21)38(47)48/h8-11,22-24,26-28,31H,12-15,34H2,1-7H3,(H,35,39)(H,36,44)(H,37,45)/t22?,23?,24-,26-,27-,28-,31-/m1/s1. The minimum atomic E-state index is -1.82. The van der Waals surface area contributed by atoms with E-state index in [-0.39, 0.29) is 24.3 Å². The maximum Gasteiger partial charge on any atom is 0.336 e. The van der Waals surface area contributed by atoms with Crippen LogP contribution >= 0.6 is 0 Å². The van der Waals surface area contributed by atoms with Crippen LogP contribution in [0.3, 0.4) is 0 Å². The Hall–Kier alpha value is -5.74. The number of methoxy groups -OCH3 is 1. The molecule has 0 bridgehead atoms. The third-order valence-electron chi connectivity index (χ3n) is 7.56. The van der Waals surface area contributed by atoms with Crippen molar-refractivity contribution in [3.8, 4) is 5.75 Å². The van der Waals surface area contributed by atoms with E-state index in [0.717, 1.165) is 46.9 Å². The highest BCUT2D eigenvalue weighted by Gasteiger charge is 2.51. The van der Waals surface area contributed by atoms with Crippen molar-refractivity contribution >= 4 is 53.3 Å². The van der Waals surface area contributed by atoms with E-state index >= 15 is 0 Å². The lowest BCUT2D eigenvalue weighted by molar-refractivity contribution is -0.384. The Balaban J connectivity index is 2.46. The molecule has 0 saturated carbocycles. The minimum absolute atomic E-state index is 0.0844. The molecule has 22 nitrogen and oxygen atoms in total. The van der Waals surface area contributed by atoms with Crippen LogP contribution < -0.4 is 26.4 Å². The van der Waals surface area contributed by atoms with E-state index in [4.69, 9.17) is 34.2 Å². The van der Waals surface area contributed by atoms with Gasteiger partial charge in [-0.15, -0.1) is 0 Å². The molecule has 1 aliphatic rings. The zero-order valence-corrected chi connectivity index (χ0v) is 31.1. The zero-order chi connectivity index (χ0) is 41.6. The molecule has 2 rings (SSSR count). The molecule has 0 aromatic heterocycles. The first-order chi connectivity index (χ1) is 25.6. The quantitative estimate of drug-likeness (QED) is 0.0448. The summed E-state index contributed by atoms with van der Waals surface area (Å²) in [5, 5.41) is 18.3. The number of nitrogens with one attached hydrogen (secondary N) is 3. The van der Waals surface area contributed by atoms with Crippen LogP contribution in [0.5, 0.6) is 5.75 Å². The Morgan fingerprint density at radius 2 is 1.53 bits per heavy atom. The smallest absolute Gasteiger partial charge is 0.336 e. The molecule has 7 atom stereocenters. The third kappa shape index (κ3) is 14.5. The van der Waals surface area contributed by atoms with Crippen molar-refractivity contribution < 1.29 is 76.4 Å². The lowest BCUT2D eigenvalue weighted by Gasteiger charge is -2.45. The second-order valence-electron chi connectivity index (χ2n) is 12.6. The van der Waals surface area contributed by atoms with E-state index in [0.29, 0.717) is 0 Å². The number of nitro groups is 1. The summed E-state index contributed by atoms with van der Waals surface area (Å²) in [7, 11) is 1.14. The molecule has 1 aliphatic heterocycles. The molecule has 1 aromatic carbocycles. The Morgan fingerprint density at radius 3 is 2.05 bits per heavy atom. The second kappa shape index (κ2) is 20.6. The van der Waals surface area contributed by atoms with Gasteiger partial charge in [0.15, 0.2) is 18.5 Å². The summed E-state index contributed by atoms with van der Waals surface area (Å²) >= 11 is 0. The fourth-order valence-electron chi connectivity index (χ4n) is 4.91. The summed E-state index contributed by atoms with van der Waals surface area (Å²) in [6.45, 7) is 5.46. The van der Waals surface area contributed by atoms with Crippen LogP contribution in [0, 0.1) is 10.1 Å². The monoisotopic (exact) mass is 783 g/mol. The van der Waals surface area contributed by atoms with Gasteiger partial charge in [0.05, 0.1) is 24.7 Å². The van der Waals surface area contributed by atoms with Crippen LogP contribution in [-0.4, -0.2) is 121 Å². The van der Waals surface area contributed by atoms with E-state index in [1.807, 2.05) is 0 Å². The van der Waals surface area contributed by atoms with E-state index in [9.17, 15) is 48.5 Å². The van der Waals surface area contributed by atoms with E-state index in [2.05, 4.69) is 20.7 Å². The van der Waals surface area contributed by atoms with Gasteiger partial charge in [-0.3, -0.25) is 43.7 Å². The Morgan fingerprint density at radius 1 is 0.927 bits per heavy atom. The molecular weight excluding hydrogens is 738 g/mol. The topological polar surface area (TPSA) is 306 Å². The van der Waals surface area contributed by atoms with Gasteiger partial charge >= 0.3 is 29.8 Å². The van der Waals surface area contributed by atoms with Crippen LogP contribution in [0.25, 0.3) is 0 Å². The van der Waals surface area contributed by atoms with Crippen molar-refractivity contribution in [1.82, 2.24) is 16.0 Å². The normalized spacial score (nSPS) is 20.3. The van der Waals surface area contributed by atoms with E-state index in [1.165, 1.54) is 26.0 Å². The Bertz CT molecular complexity index is 1600. The van der Waals surface area contributed by atoms with Gasteiger partial charge in [-0.05, 0) is 32.4 Å². The lowest BCUT2D eigenvalue weighted by atomic mass is 9.96. The largest absolute Gasteiger partial charge is 0.469 e. The summed E-state index contributed by atoms with van der Waals surface area (Å²) in [4.78, 5) is 110. The summed E-state index contributed by atoms with van der Waals surface area (Å²) in [5.74, 6) is -6.93. The highest BCUT2D eigenvalue weighted by atomic mass is 16.7.